The molecule has 0 unspecified atom stereocenters. The third kappa shape index (κ3) is 2.66. The molecule has 26 heavy (non-hydrogen) atoms. The van der Waals surface area contributed by atoms with E-state index in [4.69, 9.17) is 0 Å². The van der Waals surface area contributed by atoms with Gasteiger partial charge in [-0.05, 0) is 42.7 Å². The lowest BCUT2D eigenvalue weighted by Crippen LogP contribution is -2.49. The number of imide groups is 1. The average Bonchev–Trinajstić information content (AvgIpc) is 3.28. The number of fused-ring (bicyclic) bond motifs is 5. The molecule has 3 amide bonds. The van der Waals surface area contributed by atoms with Crippen LogP contribution in [0.1, 0.15) is 26.7 Å². The van der Waals surface area contributed by atoms with Crippen LogP contribution in [0.25, 0.3) is 0 Å². The fourth-order valence-electron chi connectivity index (χ4n) is 4.76. The molecule has 1 saturated carbocycles. The minimum atomic E-state index is -0.750. The quantitative estimate of drug-likeness (QED) is 0.654. The van der Waals surface area contributed by atoms with E-state index in [2.05, 4.69) is 17.5 Å². The Balaban J connectivity index is 1.60. The summed E-state index contributed by atoms with van der Waals surface area (Å²) in [6, 6.07) is 8.41. The van der Waals surface area contributed by atoms with Gasteiger partial charge in [-0.25, -0.2) is 0 Å². The van der Waals surface area contributed by atoms with Crippen molar-refractivity contribution in [3.63, 3.8) is 0 Å². The number of para-hydroxylation sites is 1. The van der Waals surface area contributed by atoms with Gasteiger partial charge in [-0.1, -0.05) is 44.2 Å². The molecular weight excluding hydrogens is 328 g/mol. The first-order chi connectivity index (χ1) is 12.5. The Morgan fingerprint density at radius 2 is 1.65 bits per heavy atom. The molecule has 1 N–H and O–H groups in total. The van der Waals surface area contributed by atoms with Crippen molar-refractivity contribution >= 4 is 23.4 Å². The number of hydrogen-bond donors (Lipinski definition) is 1. The fraction of sp³-hybridized carbons (Fsp3) is 0.476. The number of amides is 3. The Morgan fingerprint density at radius 3 is 2.19 bits per heavy atom. The number of nitrogens with zero attached hydrogens (tertiary/aromatic N) is 1. The number of benzene rings is 1. The van der Waals surface area contributed by atoms with Gasteiger partial charge in [-0.3, -0.25) is 19.3 Å². The highest BCUT2D eigenvalue weighted by Crippen LogP contribution is 2.53. The van der Waals surface area contributed by atoms with Crippen molar-refractivity contribution in [3.8, 4) is 0 Å². The molecule has 2 fully saturated rings. The first kappa shape index (κ1) is 17.0. The topological polar surface area (TPSA) is 66.5 Å². The number of allylic oxidation sites excluding steroid dienone is 2. The number of nitrogens with one attached hydrogen (secondary N) is 1. The summed E-state index contributed by atoms with van der Waals surface area (Å²) in [5.74, 6) is -0.638. The molecule has 1 heterocycles. The Bertz CT molecular complexity index is 741. The van der Waals surface area contributed by atoms with Crippen LogP contribution < -0.4 is 5.32 Å². The van der Waals surface area contributed by atoms with E-state index in [-0.39, 0.29) is 47.3 Å². The standard InChI is InChI=1S/C21H24N2O3/c1-12(2)10-16(19(24)22-15-6-4-3-5-7-15)23-20(25)17-13-8-9-14(11-13)18(17)21(23)26/h3-9,12-14,16-18H,10-11H2,1-2H3,(H,22,24)/t13-,14+,16-,17-,18-/m0/s1. The van der Waals surface area contributed by atoms with Crippen LogP contribution in [0.3, 0.4) is 0 Å². The Labute approximate surface area is 153 Å². The highest BCUT2D eigenvalue weighted by Gasteiger charge is 2.61. The van der Waals surface area contributed by atoms with Gasteiger partial charge in [0.05, 0.1) is 11.8 Å². The number of carbonyl (C=O) groups excluding carboxylic acids is 3. The summed E-state index contributed by atoms with van der Waals surface area (Å²) in [7, 11) is 0. The molecule has 0 radical (unpaired) electrons. The normalized spacial score (nSPS) is 30.2. The molecule has 1 saturated heterocycles. The first-order valence-electron chi connectivity index (χ1n) is 9.38. The average molecular weight is 352 g/mol. The van der Waals surface area contributed by atoms with Crippen LogP contribution in [0.5, 0.6) is 0 Å². The van der Waals surface area contributed by atoms with Crippen molar-refractivity contribution in [1.82, 2.24) is 4.90 Å². The number of carbonyl (C=O) groups is 3. The number of hydrogen-bond acceptors (Lipinski definition) is 3. The second-order valence-corrected chi connectivity index (χ2v) is 8.05. The lowest BCUT2D eigenvalue weighted by molar-refractivity contribution is -0.147. The van der Waals surface area contributed by atoms with E-state index in [0.717, 1.165) is 6.42 Å². The molecule has 0 aromatic heterocycles. The summed E-state index contributed by atoms with van der Waals surface area (Å²) in [6.07, 6.45) is 5.51. The first-order valence-corrected chi connectivity index (χ1v) is 9.38. The molecule has 2 bridgehead atoms. The van der Waals surface area contributed by atoms with Crippen LogP contribution >= 0.6 is 0 Å². The van der Waals surface area contributed by atoms with Crippen LogP contribution in [0, 0.1) is 29.6 Å². The van der Waals surface area contributed by atoms with Crippen molar-refractivity contribution in [2.24, 2.45) is 29.6 Å². The summed E-state index contributed by atoms with van der Waals surface area (Å²) < 4.78 is 0. The van der Waals surface area contributed by atoms with Crippen molar-refractivity contribution in [3.05, 3.63) is 42.5 Å². The maximum absolute atomic E-state index is 13.1. The van der Waals surface area contributed by atoms with Gasteiger partial charge in [0.25, 0.3) is 0 Å². The number of rotatable bonds is 5. The summed E-state index contributed by atoms with van der Waals surface area (Å²) in [5.41, 5.74) is 0.673. The monoisotopic (exact) mass is 352 g/mol. The second-order valence-electron chi connectivity index (χ2n) is 8.05. The van der Waals surface area contributed by atoms with E-state index in [1.807, 2.05) is 32.0 Å². The van der Waals surface area contributed by atoms with Crippen LogP contribution in [-0.4, -0.2) is 28.7 Å². The predicted octanol–water partition coefficient (Wildman–Crippen LogP) is 2.85. The van der Waals surface area contributed by atoms with Crippen molar-refractivity contribution < 1.29 is 14.4 Å². The number of likely N-dealkylation sites (tertiary alicyclic amines) is 1. The molecule has 5 nitrogen and oxygen atoms in total. The van der Waals surface area contributed by atoms with Crippen LogP contribution in [-0.2, 0) is 14.4 Å². The van der Waals surface area contributed by atoms with Crippen molar-refractivity contribution in [2.45, 2.75) is 32.7 Å². The molecule has 2 aliphatic carbocycles. The SMILES string of the molecule is CC(C)C[C@@H](C(=O)Nc1ccccc1)N1C(=O)[C@@H]2[C@@H](C1=O)[C@H]1C=C[C@@H]2C1. The van der Waals surface area contributed by atoms with E-state index < -0.39 is 6.04 Å². The zero-order valence-electron chi connectivity index (χ0n) is 15.1. The number of anilines is 1. The Morgan fingerprint density at radius 1 is 1.08 bits per heavy atom. The van der Waals surface area contributed by atoms with Crippen molar-refractivity contribution in [2.75, 3.05) is 5.32 Å². The molecule has 0 spiro atoms. The van der Waals surface area contributed by atoms with Gasteiger partial charge in [-0.2, -0.15) is 0 Å². The van der Waals surface area contributed by atoms with Gasteiger partial charge in [0.1, 0.15) is 6.04 Å². The molecule has 1 aromatic rings. The molecule has 3 aliphatic rings. The molecule has 5 heteroatoms. The Hall–Kier alpha value is -2.43. The molecular formula is C21H24N2O3. The van der Waals surface area contributed by atoms with E-state index in [1.165, 1.54) is 4.90 Å². The Kier molecular flexibility index (Phi) is 4.17. The van der Waals surface area contributed by atoms with Gasteiger partial charge < -0.3 is 5.32 Å². The maximum Gasteiger partial charge on any atom is 0.247 e. The van der Waals surface area contributed by atoms with Gasteiger partial charge in [0, 0.05) is 5.69 Å². The van der Waals surface area contributed by atoms with Gasteiger partial charge in [0.2, 0.25) is 17.7 Å². The smallest absolute Gasteiger partial charge is 0.247 e. The lowest BCUT2D eigenvalue weighted by Gasteiger charge is -2.28. The van der Waals surface area contributed by atoms with Crippen LogP contribution in [0.4, 0.5) is 5.69 Å². The predicted molar refractivity (Wildman–Crippen MR) is 97.9 cm³/mol. The zero-order valence-corrected chi connectivity index (χ0v) is 15.1. The van der Waals surface area contributed by atoms with E-state index in [1.54, 1.807) is 12.1 Å². The second kappa shape index (κ2) is 6.38. The molecule has 136 valence electrons. The van der Waals surface area contributed by atoms with Gasteiger partial charge in [0.15, 0.2) is 0 Å². The minimum absolute atomic E-state index is 0.156. The third-order valence-electron chi connectivity index (χ3n) is 5.85. The lowest BCUT2D eigenvalue weighted by atomic mass is 9.85. The largest absolute Gasteiger partial charge is 0.324 e. The van der Waals surface area contributed by atoms with Crippen LogP contribution in [0.2, 0.25) is 0 Å². The summed E-state index contributed by atoms with van der Waals surface area (Å²) in [4.78, 5) is 40.3. The van der Waals surface area contributed by atoms with E-state index in [0.29, 0.717) is 12.1 Å². The molecule has 1 aliphatic heterocycles. The highest BCUT2D eigenvalue weighted by atomic mass is 16.2. The third-order valence-corrected chi connectivity index (χ3v) is 5.85. The summed E-state index contributed by atoms with van der Waals surface area (Å²) in [6.45, 7) is 4.00. The zero-order chi connectivity index (χ0) is 18.4. The highest BCUT2D eigenvalue weighted by molar-refractivity contribution is 6.10. The fourth-order valence-corrected chi connectivity index (χ4v) is 4.76. The van der Waals surface area contributed by atoms with E-state index >= 15 is 0 Å². The summed E-state index contributed by atoms with van der Waals surface area (Å²) >= 11 is 0. The summed E-state index contributed by atoms with van der Waals surface area (Å²) in [5, 5.41) is 2.87. The van der Waals surface area contributed by atoms with Crippen molar-refractivity contribution in [1.29, 1.82) is 0 Å². The van der Waals surface area contributed by atoms with E-state index in [9.17, 15) is 14.4 Å². The van der Waals surface area contributed by atoms with Crippen LogP contribution in [0.15, 0.2) is 42.5 Å². The molecule has 5 atom stereocenters. The molecule has 1 aromatic carbocycles. The van der Waals surface area contributed by atoms with Gasteiger partial charge >= 0.3 is 0 Å². The maximum atomic E-state index is 13.1. The molecule has 4 rings (SSSR count). The van der Waals surface area contributed by atoms with Gasteiger partial charge in [-0.15, -0.1) is 0 Å². The minimum Gasteiger partial charge on any atom is -0.324 e.